The molecular formula is C15H20N2O. The van der Waals surface area contributed by atoms with E-state index in [1.807, 2.05) is 30.3 Å². The Morgan fingerprint density at radius 1 is 1.28 bits per heavy atom. The minimum Gasteiger partial charge on any atom is -0.302 e. The summed E-state index contributed by atoms with van der Waals surface area (Å²) in [6, 6.07) is 10.1. The van der Waals surface area contributed by atoms with Gasteiger partial charge in [0.2, 0.25) is 0 Å². The van der Waals surface area contributed by atoms with Gasteiger partial charge in [-0.15, -0.1) is 0 Å². The van der Waals surface area contributed by atoms with E-state index in [1.54, 1.807) is 0 Å². The van der Waals surface area contributed by atoms with Gasteiger partial charge in [0.05, 0.1) is 6.17 Å². The van der Waals surface area contributed by atoms with E-state index in [2.05, 4.69) is 10.2 Å². The van der Waals surface area contributed by atoms with Gasteiger partial charge >= 0.3 is 0 Å². The first kappa shape index (κ1) is 11.9. The predicted molar refractivity (Wildman–Crippen MR) is 71.5 cm³/mol. The van der Waals surface area contributed by atoms with Crippen LogP contribution in [0, 0.1) is 0 Å². The minimum atomic E-state index is 0.285. The number of carbonyl (C=O) groups excluding carboxylic acids is 1. The smallest absolute Gasteiger partial charge is 0.164 e. The molecule has 18 heavy (non-hydrogen) atoms. The van der Waals surface area contributed by atoms with Crippen molar-refractivity contribution in [1.29, 1.82) is 0 Å². The van der Waals surface area contributed by atoms with Crippen molar-refractivity contribution >= 4 is 5.78 Å². The van der Waals surface area contributed by atoms with Gasteiger partial charge in [-0.3, -0.25) is 9.69 Å². The average Bonchev–Trinajstić information content (AvgIpc) is 2.89. The summed E-state index contributed by atoms with van der Waals surface area (Å²) in [6.07, 6.45) is 4.77. The molecule has 0 spiro atoms. The van der Waals surface area contributed by atoms with Crippen LogP contribution in [0.4, 0.5) is 0 Å². The van der Waals surface area contributed by atoms with Gasteiger partial charge < -0.3 is 5.32 Å². The average molecular weight is 244 g/mol. The van der Waals surface area contributed by atoms with E-state index in [9.17, 15) is 4.79 Å². The molecule has 2 heterocycles. The SMILES string of the molecule is O=C(CC1CCNC2CCCN12)c1ccccc1. The van der Waals surface area contributed by atoms with Gasteiger partial charge in [-0.05, 0) is 25.8 Å². The molecule has 1 aromatic rings. The topological polar surface area (TPSA) is 32.3 Å². The van der Waals surface area contributed by atoms with Gasteiger partial charge in [-0.1, -0.05) is 30.3 Å². The van der Waals surface area contributed by atoms with Crippen LogP contribution in [-0.4, -0.2) is 36.0 Å². The number of Topliss-reactive ketones (excluding diaryl/α,β-unsaturated/α-hetero) is 1. The zero-order valence-corrected chi connectivity index (χ0v) is 10.6. The first-order valence-electron chi connectivity index (χ1n) is 6.92. The van der Waals surface area contributed by atoms with E-state index in [-0.39, 0.29) is 5.78 Å². The number of carbonyl (C=O) groups is 1. The largest absolute Gasteiger partial charge is 0.302 e. The fourth-order valence-corrected chi connectivity index (χ4v) is 3.20. The maximum Gasteiger partial charge on any atom is 0.164 e. The number of nitrogens with one attached hydrogen (secondary N) is 1. The fraction of sp³-hybridized carbons (Fsp3) is 0.533. The van der Waals surface area contributed by atoms with Crippen molar-refractivity contribution in [2.45, 2.75) is 37.9 Å². The van der Waals surface area contributed by atoms with Crippen molar-refractivity contribution in [3.8, 4) is 0 Å². The molecule has 0 amide bonds. The Kier molecular flexibility index (Phi) is 3.43. The second-order valence-electron chi connectivity index (χ2n) is 5.29. The quantitative estimate of drug-likeness (QED) is 0.826. The van der Waals surface area contributed by atoms with Crippen LogP contribution in [0.5, 0.6) is 0 Å². The third-order valence-corrected chi connectivity index (χ3v) is 4.14. The van der Waals surface area contributed by atoms with Crippen molar-refractivity contribution in [3.05, 3.63) is 35.9 Å². The monoisotopic (exact) mass is 244 g/mol. The second-order valence-corrected chi connectivity index (χ2v) is 5.29. The van der Waals surface area contributed by atoms with E-state index in [4.69, 9.17) is 0 Å². The highest BCUT2D eigenvalue weighted by atomic mass is 16.1. The van der Waals surface area contributed by atoms with E-state index >= 15 is 0 Å². The van der Waals surface area contributed by atoms with Crippen molar-refractivity contribution in [1.82, 2.24) is 10.2 Å². The van der Waals surface area contributed by atoms with Crippen LogP contribution in [-0.2, 0) is 0 Å². The highest BCUT2D eigenvalue weighted by Gasteiger charge is 2.34. The fourth-order valence-electron chi connectivity index (χ4n) is 3.20. The summed E-state index contributed by atoms with van der Waals surface area (Å²) in [4.78, 5) is 14.7. The van der Waals surface area contributed by atoms with Crippen molar-refractivity contribution in [3.63, 3.8) is 0 Å². The second kappa shape index (κ2) is 5.21. The summed E-state index contributed by atoms with van der Waals surface area (Å²) < 4.78 is 0. The lowest BCUT2D eigenvalue weighted by Crippen LogP contribution is -2.53. The van der Waals surface area contributed by atoms with E-state index < -0.39 is 0 Å². The minimum absolute atomic E-state index is 0.285. The lowest BCUT2D eigenvalue weighted by Gasteiger charge is -2.38. The summed E-state index contributed by atoms with van der Waals surface area (Å²) in [5, 5.41) is 3.54. The van der Waals surface area contributed by atoms with Crippen LogP contribution < -0.4 is 5.32 Å². The molecule has 96 valence electrons. The molecule has 3 rings (SSSR count). The van der Waals surface area contributed by atoms with Crippen molar-refractivity contribution in [2.75, 3.05) is 13.1 Å². The van der Waals surface area contributed by atoms with Crippen LogP contribution in [0.15, 0.2) is 30.3 Å². The van der Waals surface area contributed by atoms with Crippen molar-refractivity contribution in [2.24, 2.45) is 0 Å². The summed E-state index contributed by atoms with van der Waals surface area (Å²) in [5.41, 5.74) is 0.853. The molecule has 2 saturated heterocycles. The molecular weight excluding hydrogens is 224 g/mol. The zero-order chi connectivity index (χ0) is 12.4. The molecule has 2 unspecified atom stereocenters. The molecule has 2 aliphatic heterocycles. The molecule has 0 saturated carbocycles. The Hall–Kier alpha value is -1.19. The van der Waals surface area contributed by atoms with Gasteiger partial charge in [-0.25, -0.2) is 0 Å². The van der Waals surface area contributed by atoms with E-state index in [0.29, 0.717) is 18.6 Å². The van der Waals surface area contributed by atoms with Gasteiger partial charge in [0.25, 0.3) is 0 Å². The molecule has 2 fully saturated rings. The number of ketones is 1. The molecule has 0 aliphatic carbocycles. The molecule has 0 radical (unpaired) electrons. The van der Waals surface area contributed by atoms with Gasteiger partial charge in [0, 0.05) is 24.6 Å². The summed E-state index contributed by atoms with van der Waals surface area (Å²) in [7, 11) is 0. The number of nitrogens with zero attached hydrogens (tertiary/aromatic N) is 1. The molecule has 0 aromatic heterocycles. The standard InChI is InChI=1S/C15H20N2O/c18-14(12-5-2-1-3-6-12)11-13-8-9-16-15-7-4-10-17(13)15/h1-3,5-6,13,15-16H,4,7-11H2. The van der Waals surface area contributed by atoms with E-state index in [1.165, 1.54) is 12.8 Å². The molecule has 1 aromatic carbocycles. The summed E-state index contributed by atoms with van der Waals surface area (Å²) in [5.74, 6) is 0.285. The lowest BCUT2D eigenvalue weighted by molar-refractivity contribution is 0.0789. The van der Waals surface area contributed by atoms with Gasteiger partial charge in [0.15, 0.2) is 5.78 Å². The molecule has 3 heteroatoms. The summed E-state index contributed by atoms with van der Waals surface area (Å²) in [6.45, 7) is 2.19. The number of fused-ring (bicyclic) bond motifs is 1. The third kappa shape index (κ3) is 2.33. The maximum atomic E-state index is 12.3. The summed E-state index contributed by atoms with van der Waals surface area (Å²) >= 11 is 0. The molecule has 1 N–H and O–H groups in total. The van der Waals surface area contributed by atoms with E-state index in [0.717, 1.165) is 25.1 Å². The molecule has 3 nitrogen and oxygen atoms in total. The highest BCUT2D eigenvalue weighted by Crippen LogP contribution is 2.25. The van der Waals surface area contributed by atoms with Crippen LogP contribution in [0.3, 0.4) is 0 Å². The van der Waals surface area contributed by atoms with Gasteiger partial charge in [-0.2, -0.15) is 0 Å². The number of hydrogen-bond acceptors (Lipinski definition) is 3. The van der Waals surface area contributed by atoms with Crippen LogP contribution in [0.1, 0.15) is 36.0 Å². The third-order valence-electron chi connectivity index (χ3n) is 4.14. The number of rotatable bonds is 3. The first-order valence-corrected chi connectivity index (χ1v) is 6.92. The van der Waals surface area contributed by atoms with Crippen LogP contribution >= 0.6 is 0 Å². The number of hydrogen-bond donors (Lipinski definition) is 1. The predicted octanol–water partition coefficient (Wildman–Crippen LogP) is 2.04. The Balaban J connectivity index is 1.67. The normalized spacial score (nSPS) is 28.0. The molecule has 0 bridgehead atoms. The van der Waals surface area contributed by atoms with Crippen LogP contribution in [0.2, 0.25) is 0 Å². The highest BCUT2D eigenvalue weighted by molar-refractivity contribution is 5.96. The van der Waals surface area contributed by atoms with Gasteiger partial charge in [0.1, 0.15) is 0 Å². The Bertz CT molecular complexity index is 418. The number of benzene rings is 1. The lowest BCUT2D eigenvalue weighted by atomic mass is 9.99. The Morgan fingerprint density at radius 3 is 2.94 bits per heavy atom. The Morgan fingerprint density at radius 2 is 2.11 bits per heavy atom. The van der Waals surface area contributed by atoms with Crippen molar-refractivity contribution < 1.29 is 4.79 Å². The first-order chi connectivity index (χ1) is 8.84. The maximum absolute atomic E-state index is 12.3. The zero-order valence-electron chi connectivity index (χ0n) is 10.6. The van der Waals surface area contributed by atoms with Crippen LogP contribution in [0.25, 0.3) is 0 Å². The molecule has 2 aliphatic rings. The Labute approximate surface area is 108 Å². The molecule has 2 atom stereocenters.